The molecule has 0 spiro atoms. The molecule has 13 heavy (non-hydrogen) atoms. The zero-order chi connectivity index (χ0) is 10.0. The number of Topliss-reactive ketones (excluding diaryl/α,β-unsaturated/α-hetero) is 1. The van der Waals surface area contributed by atoms with Gasteiger partial charge < -0.3 is 0 Å². The molecule has 0 aliphatic carbocycles. The van der Waals surface area contributed by atoms with Gasteiger partial charge in [-0.3, -0.25) is 9.00 Å². The lowest BCUT2D eigenvalue weighted by Gasteiger charge is -2.01. The minimum absolute atomic E-state index is 0.114. The van der Waals surface area contributed by atoms with Crippen molar-refractivity contribution in [2.24, 2.45) is 0 Å². The maximum Gasteiger partial charge on any atom is 0.161 e. The van der Waals surface area contributed by atoms with Gasteiger partial charge in [-0.15, -0.1) is 0 Å². The van der Waals surface area contributed by atoms with Gasteiger partial charge in [-0.25, -0.2) is 0 Å². The van der Waals surface area contributed by atoms with Gasteiger partial charge in [0.1, 0.15) is 0 Å². The first-order valence-corrected chi connectivity index (χ1v) is 5.60. The molecule has 0 aromatic heterocycles. The van der Waals surface area contributed by atoms with Gasteiger partial charge in [-0.1, -0.05) is 11.6 Å². The Kier molecular flexibility index (Phi) is 3.22. The molecular weight excluding hydrogens is 208 g/mol. The van der Waals surface area contributed by atoms with Crippen LogP contribution in [-0.4, -0.2) is 16.2 Å². The molecule has 0 heterocycles. The third-order valence-electron chi connectivity index (χ3n) is 1.65. The van der Waals surface area contributed by atoms with Crippen molar-refractivity contribution in [2.45, 2.75) is 11.8 Å². The Morgan fingerprint density at radius 2 is 2.08 bits per heavy atom. The van der Waals surface area contributed by atoms with Crippen LogP contribution in [0.2, 0.25) is 5.02 Å². The molecule has 0 radical (unpaired) electrons. The third-order valence-corrected chi connectivity index (χ3v) is 2.90. The van der Waals surface area contributed by atoms with E-state index in [0.717, 1.165) is 0 Å². The van der Waals surface area contributed by atoms with Crippen molar-refractivity contribution in [2.75, 3.05) is 6.26 Å². The number of rotatable bonds is 2. The molecule has 4 heteroatoms. The Labute approximate surface area is 84.4 Å². The van der Waals surface area contributed by atoms with E-state index in [1.807, 2.05) is 0 Å². The lowest BCUT2D eigenvalue weighted by Crippen LogP contribution is -1.96. The summed E-state index contributed by atoms with van der Waals surface area (Å²) >= 11 is 5.78. The molecule has 1 atom stereocenters. The van der Waals surface area contributed by atoms with Gasteiger partial charge >= 0.3 is 0 Å². The summed E-state index contributed by atoms with van der Waals surface area (Å²) < 4.78 is 11.1. The van der Waals surface area contributed by atoms with Crippen LogP contribution in [0.15, 0.2) is 23.1 Å². The highest BCUT2D eigenvalue weighted by molar-refractivity contribution is 7.84. The summed E-state index contributed by atoms with van der Waals surface area (Å²) in [5.74, 6) is -0.114. The molecule has 2 nitrogen and oxygen atoms in total. The largest absolute Gasteiger partial charge is 0.294 e. The molecular formula is C9H9ClO2S. The van der Waals surface area contributed by atoms with Gasteiger partial charge in [0.05, 0.1) is 5.02 Å². The first kappa shape index (κ1) is 10.4. The number of benzene rings is 1. The van der Waals surface area contributed by atoms with Crippen LogP contribution in [0.1, 0.15) is 17.3 Å². The average molecular weight is 217 g/mol. The van der Waals surface area contributed by atoms with E-state index in [0.29, 0.717) is 15.5 Å². The number of halogens is 1. The van der Waals surface area contributed by atoms with Gasteiger partial charge in [0.15, 0.2) is 5.78 Å². The SMILES string of the molecule is CC(=O)c1cc(S(C)=O)ccc1Cl. The van der Waals surface area contributed by atoms with Gasteiger partial charge in [0, 0.05) is 27.5 Å². The second kappa shape index (κ2) is 4.03. The van der Waals surface area contributed by atoms with Crippen molar-refractivity contribution in [3.05, 3.63) is 28.8 Å². The highest BCUT2D eigenvalue weighted by Gasteiger charge is 2.07. The molecule has 0 amide bonds. The number of ketones is 1. The molecule has 0 saturated carbocycles. The predicted octanol–water partition coefficient (Wildman–Crippen LogP) is 2.28. The van der Waals surface area contributed by atoms with E-state index in [1.165, 1.54) is 6.92 Å². The van der Waals surface area contributed by atoms with Crippen LogP contribution in [-0.2, 0) is 10.8 Å². The van der Waals surface area contributed by atoms with Gasteiger partial charge in [-0.05, 0) is 25.1 Å². The van der Waals surface area contributed by atoms with E-state index >= 15 is 0 Å². The number of hydrogen-bond acceptors (Lipinski definition) is 2. The quantitative estimate of drug-likeness (QED) is 0.711. The van der Waals surface area contributed by atoms with Crippen LogP contribution < -0.4 is 0 Å². The Hall–Kier alpha value is -0.670. The molecule has 0 saturated heterocycles. The van der Waals surface area contributed by atoms with E-state index in [1.54, 1.807) is 24.5 Å². The van der Waals surface area contributed by atoms with E-state index < -0.39 is 10.8 Å². The number of carbonyl (C=O) groups excluding carboxylic acids is 1. The summed E-state index contributed by atoms with van der Waals surface area (Å²) in [7, 11) is -1.07. The standard InChI is InChI=1S/C9H9ClO2S/c1-6(11)8-5-7(13(2)12)3-4-9(8)10/h3-5H,1-2H3. The summed E-state index contributed by atoms with van der Waals surface area (Å²) in [6, 6.07) is 4.82. The van der Waals surface area contributed by atoms with E-state index in [2.05, 4.69) is 0 Å². The molecule has 1 aromatic carbocycles. The van der Waals surface area contributed by atoms with Crippen LogP contribution in [0, 0.1) is 0 Å². The zero-order valence-electron chi connectivity index (χ0n) is 7.33. The summed E-state index contributed by atoms with van der Waals surface area (Å²) in [5.41, 5.74) is 0.425. The van der Waals surface area contributed by atoms with Gasteiger partial charge in [0.25, 0.3) is 0 Å². The monoisotopic (exact) mass is 216 g/mol. The zero-order valence-corrected chi connectivity index (χ0v) is 8.91. The predicted molar refractivity (Wildman–Crippen MR) is 53.8 cm³/mol. The first-order valence-electron chi connectivity index (χ1n) is 3.66. The van der Waals surface area contributed by atoms with Crippen molar-refractivity contribution in [3.8, 4) is 0 Å². The van der Waals surface area contributed by atoms with Crippen LogP contribution in [0.4, 0.5) is 0 Å². The van der Waals surface area contributed by atoms with Gasteiger partial charge in [-0.2, -0.15) is 0 Å². The van der Waals surface area contributed by atoms with Crippen molar-refractivity contribution in [1.29, 1.82) is 0 Å². The molecule has 0 fully saturated rings. The molecule has 0 N–H and O–H groups in total. The fourth-order valence-electron chi connectivity index (χ4n) is 0.953. The van der Waals surface area contributed by atoms with E-state index in [9.17, 15) is 9.00 Å². The van der Waals surface area contributed by atoms with E-state index in [-0.39, 0.29) is 5.78 Å². The van der Waals surface area contributed by atoms with Crippen LogP contribution >= 0.6 is 11.6 Å². The molecule has 0 aliphatic rings. The lowest BCUT2D eigenvalue weighted by atomic mass is 10.1. The molecule has 70 valence electrons. The maximum atomic E-state index is 11.1. The highest BCUT2D eigenvalue weighted by atomic mass is 35.5. The molecule has 1 unspecified atom stereocenters. The topological polar surface area (TPSA) is 34.1 Å². The third kappa shape index (κ3) is 2.39. The highest BCUT2D eigenvalue weighted by Crippen LogP contribution is 2.19. The molecule has 0 bridgehead atoms. The Morgan fingerprint density at radius 1 is 1.46 bits per heavy atom. The van der Waals surface area contributed by atoms with Crippen LogP contribution in [0.25, 0.3) is 0 Å². The Bertz CT molecular complexity index is 374. The molecule has 1 aromatic rings. The van der Waals surface area contributed by atoms with Crippen molar-refractivity contribution >= 4 is 28.2 Å². The minimum Gasteiger partial charge on any atom is -0.294 e. The van der Waals surface area contributed by atoms with Crippen molar-refractivity contribution in [3.63, 3.8) is 0 Å². The normalized spacial score (nSPS) is 12.5. The molecule has 1 rings (SSSR count). The average Bonchev–Trinajstić information content (AvgIpc) is 2.04. The number of carbonyl (C=O) groups is 1. The summed E-state index contributed by atoms with van der Waals surface area (Å²) in [4.78, 5) is 11.7. The van der Waals surface area contributed by atoms with Crippen LogP contribution in [0.3, 0.4) is 0 Å². The minimum atomic E-state index is -1.07. The summed E-state index contributed by atoms with van der Waals surface area (Å²) in [6.07, 6.45) is 1.56. The van der Waals surface area contributed by atoms with Crippen molar-refractivity contribution in [1.82, 2.24) is 0 Å². The first-order chi connectivity index (χ1) is 6.02. The maximum absolute atomic E-state index is 11.1. The fourth-order valence-corrected chi connectivity index (χ4v) is 1.75. The summed E-state index contributed by atoms with van der Waals surface area (Å²) in [6.45, 7) is 1.43. The van der Waals surface area contributed by atoms with Crippen LogP contribution in [0.5, 0.6) is 0 Å². The number of hydrogen-bond donors (Lipinski definition) is 0. The lowest BCUT2D eigenvalue weighted by molar-refractivity contribution is 0.101. The Balaban J connectivity index is 3.27. The summed E-state index contributed by atoms with van der Waals surface area (Å²) in [5, 5.41) is 0.404. The Morgan fingerprint density at radius 3 is 2.54 bits per heavy atom. The fraction of sp³-hybridized carbons (Fsp3) is 0.222. The van der Waals surface area contributed by atoms with Crippen molar-refractivity contribution < 1.29 is 9.00 Å². The van der Waals surface area contributed by atoms with Gasteiger partial charge in [0.2, 0.25) is 0 Å². The second-order valence-corrected chi connectivity index (χ2v) is 4.44. The smallest absolute Gasteiger partial charge is 0.161 e. The van der Waals surface area contributed by atoms with E-state index in [4.69, 9.17) is 11.6 Å². The second-order valence-electron chi connectivity index (χ2n) is 2.65. The molecule has 0 aliphatic heterocycles.